The van der Waals surface area contributed by atoms with E-state index >= 15 is 0 Å². The smallest absolute Gasteiger partial charge is 0.323 e. The number of benzene rings is 1. The molecule has 7 nitrogen and oxygen atoms in total. The molecular formula is C18H21ClN4O3S. The number of hydrogen-bond acceptors (Lipinski definition) is 6. The van der Waals surface area contributed by atoms with E-state index in [1.165, 1.54) is 11.3 Å². The molecule has 0 atom stereocenters. The van der Waals surface area contributed by atoms with Crippen molar-refractivity contribution >= 4 is 45.8 Å². The van der Waals surface area contributed by atoms with E-state index in [1.54, 1.807) is 17.2 Å². The lowest BCUT2D eigenvalue weighted by Gasteiger charge is -2.35. The standard InChI is InChI=1S/C18H21ClN4O3S/c1-2-26-16(24)11-14-12-27-17(20-14)21-18(25)23-8-6-22(7-9-23)15-5-3-4-13(19)10-15/h3-5,10,12H,2,6-9,11H2,1H3,(H,20,21,25). The van der Waals surface area contributed by atoms with Crippen LogP contribution in [0.2, 0.25) is 5.02 Å². The lowest BCUT2D eigenvalue weighted by Crippen LogP contribution is -2.50. The summed E-state index contributed by atoms with van der Waals surface area (Å²) in [4.78, 5) is 32.2. The summed E-state index contributed by atoms with van der Waals surface area (Å²) in [6, 6.07) is 7.53. The number of nitrogens with zero attached hydrogens (tertiary/aromatic N) is 3. The molecule has 1 aromatic carbocycles. The SMILES string of the molecule is CCOC(=O)Cc1csc(NC(=O)N2CCN(c3cccc(Cl)c3)CC2)n1. The summed E-state index contributed by atoms with van der Waals surface area (Å²) in [5.41, 5.74) is 1.66. The van der Waals surface area contributed by atoms with E-state index in [2.05, 4.69) is 15.2 Å². The molecule has 27 heavy (non-hydrogen) atoms. The minimum absolute atomic E-state index is 0.110. The van der Waals surface area contributed by atoms with Crippen LogP contribution in [-0.4, -0.2) is 54.7 Å². The van der Waals surface area contributed by atoms with Gasteiger partial charge in [0.15, 0.2) is 5.13 Å². The molecule has 0 saturated carbocycles. The number of carbonyl (C=O) groups excluding carboxylic acids is 2. The van der Waals surface area contributed by atoms with Gasteiger partial charge in [-0.05, 0) is 25.1 Å². The number of piperazine rings is 1. The summed E-state index contributed by atoms with van der Waals surface area (Å²) in [7, 11) is 0. The van der Waals surface area contributed by atoms with E-state index in [0.717, 1.165) is 18.8 Å². The van der Waals surface area contributed by atoms with Crippen LogP contribution >= 0.6 is 22.9 Å². The third kappa shape index (κ3) is 5.33. The van der Waals surface area contributed by atoms with Gasteiger partial charge in [0.05, 0.1) is 18.7 Å². The van der Waals surface area contributed by atoms with E-state index in [0.29, 0.717) is 35.5 Å². The topological polar surface area (TPSA) is 74.8 Å². The van der Waals surface area contributed by atoms with Crippen LogP contribution in [0.1, 0.15) is 12.6 Å². The minimum Gasteiger partial charge on any atom is -0.466 e. The highest BCUT2D eigenvalue weighted by Crippen LogP contribution is 2.21. The maximum atomic E-state index is 12.4. The van der Waals surface area contributed by atoms with Gasteiger partial charge in [-0.2, -0.15) is 0 Å². The second-order valence-electron chi connectivity index (χ2n) is 6.01. The maximum absolute atomic E-state index is 12.4. The molecule has 0 aliphatic carbocycles. The lowest BCUT2D eigenvalue weighted by molar-refractivity contribution is -0.142. The molecule has 1 aliphatic rings. The first-order valence-corrected chi connectivity index (χ1v) is 9.97. The van der Waals surface area contributed by atoms with Crippen molar-refractivity contribution in [2.45, 2.75) is 13.3 Å². The van der Waals surface area contributed by atoms with Crippen LogP contribution in [-0.2, 0) is 16.0 Å². The van der Waals surface area contributed by atoms with Crippen molar-refractivity contribution in [3.05, 3.63) is 40.4 Å². The lowest BCUT2D eigenvalue weighted by atomic mass is 10.2. The number of carbonyl (C=O) groups is 2. The molecule has 1 aromatic heterocycles. The van der Waals surface area contributed by atoms with E-state index in [4.69, 9.17) is 16.3 Å². The second-order valence-corrected chi connectivity index (χ2v) is 7.30. The van der Waals surface area contributed by atoms with E-state index in [9.17, 15) is 9.59 Å². The molecule has 0 unspecified atom stereocenters. The van der Waals surface area contributed by atoms with Gasteiger partial charge < -0.3 is 14.5 Å². The number of anilines is 2. The molecule has 2 heterocycles. The van der Waals surface area contributed by atoms with Crippen molar-refractivity contribution in [1.29, 1.82) is 0 Å². The average Bonchev–Trinajstić information content (AvgIpc) is 3.08. The van der Waals surface area contributed by atoms with Gasteiger partial charge in [-0.1, -0.05) is 17.7 Å². The molecule has 1 aliphatic heterocycles. The molecule has 2 amide bonds. The molecule has 0 spiro atoms. The van der Waals surface area contributed by atoms with Gasteiger partial charge >= 0.3 is 12.0 Å². The number of thiazole rings is 1. The Morgan fingerprint density at radius 1 is 1.30 bits per heavy atom. The van der Waals surface area contributed by atoms with Gasteiger partial charge in [-0.25, -0.2) is 9.78 Å². The average molecular weight is 409 g/mol. The molecule has 0 radical (unpaired) electrons. The predicted octanol–water partition coefficient (Wildman–Crippen LogP) is 3.26. The van der Waals surface area contributed by atoms with Gasteiger partial charge in [0.25, 0.3) is 0 Å². The van der Waals surface area contributed by atoms with E-state index < -0.39 is 0 Å². The number of ether oxygens (including phenoxy) is 1. The van der Waals surface area contributed by atoms with Crippen molar-refractivity contribution in [3.8, 4) is 0 Å². The number of urea groups is 1. The summed E-state index contributed by atoms with van der Waals surface area (Å²) < 4.78 is 4.90. The van der Waals surface area contributed by atoms with Crippen LogP contribution in [0.3, 0.4) is 0 Å². The van der Waals surface area contributed by atoms with Crippen LogP contribution in [0.5, 0.6) is 0 Å². The zero-order valence-corrected chi connectivity index (χ0v) is 16.6. The van der Waals surface area contributed by atoms with Gasteiger partial charge in [0, 0.05) is 42.3 Å². The Hall–Kier alpha value is -2.32. The first kappa shape index (κ1) is 19.4. The molecule has 144 valence electrons. The van der Waals surface area contributed by atoms with Crippen molar-refractivity contribution in [2.24, 2.45) is 0 Å². The fourth-order valence-electron chi connectivity index (χ4n) is 2.82. The van der Waals surface area contributed by atoms with Crippen LogP contribution < -0.4 is 10.2 Å². The van der Waals surface area contributed by atoms with Gasteiger partial charge in [-0.15, -0.1) is 11.3 Å². The minimum atomic E-state index is -0.321. The van der Waals surface area contributed by atoms with E-state index in [1.807, 2.05) is 24.3 Å². The normalized spacial score (nSPS) is 14.1. The first-order valence-electron chi connectivity index (χ1n) is 8.71. The summed E-state index contributed by atoms with van der Waals surface area (Å²) in [6.07, 6.45) is 0.110. The number of aromatic nitrogens is 1. The molecule has 0 bridgehead atoms. The fourth-order valence-corrected chi connectivity index (χ4v) is 3.70. The first-order chi connectivity index (χ1) is 13.0. The summed E-state index contributed by atoms with van der Waals surface area (Å²) in [5.74, 6) is -0.321. The Kier molecular flexibility index (Phi) is 6.52. The Bertz CT molecular complexity index is 805. The molecular weight excluding hydrogens is 388 g/mol. The number of hydrogen-bond donors (Lipinski definition) is 1. The molecule has 9 heteroatoms. The zero-order valence-electron chi connectivity index (χ0n) is 15.0. The van der Waals surface area contributed by atoms with Crippen molar-refractivity contribution < 1.29 is 14.3 Å². The Morgan fingerprint density at radius 2 is 2.07 bits per heavy atom. The molecule has 2 aromatic rings. The van der Waals surface area contributed by atoms with E-state index in [-0.39, 0.29) is 18.4 Å². The molecule has 1 fully saturated rings. The number of amides is 2. The van der Waals surface area contributed by atoms with Crippen molar-refractivity contribution in [1.82, 2.24) is 9.88 Å². The Balaban J connectivity index is 1.50. The Labute approximate surface area is 166 Å². The van der Waals surface area contributed by atoms with Gasteiger partial charge in [0.2, 0.25) is 0 Å². The Morgan fingerprint density at radius 3 is 2.78 bits per heavy atom. The highest BCUT2D eigenvalue weighted by atomic mass is 35.5. The molecule has 1 saturated heterocycles. The number of halogens is 1. The second kappa shape index (κ2) is 9.05. The third-order valence-corrected chi connectivity index (χ3v) is 5.18. The monoisotopic (exact) mass is 408 g/mol. The highest BCUT2D eigenvalue weighted by Gasteiger charge is 2.22. The van der Waals surface area contributed by atoms with Crippen LogP contribution in [0, 0.1) is 0 Å². The maximum Gasteiger partial charge on any atom is 0.323 e. The summed E-state index contributed by atoms with van der Waals surface area (Å²) >= 11 is 7.35. The summed E-state index contributed by atoms with van der Waals surface area (Å²) in [5, 5.41) is 5.74. The van der Waals surface area contributed by atoms with Crippen LogP contribution in [0.4, 0.5) is 15.6 Å². The zero-order chi connectivity index (χ0) is 19.2. The predicted molar refractivity (Wildman–Crippen MR) is 107 cm³/mol. The number of nitrogens with one attached hydrogen (secondary N) is 1. The van der Waals surface area contributed by atoms with Crippen LogP contribution in [0.25, 0.3) is 0 Å². The van der Waals surface area contributed by atoms with Gasteiger partial charge in [-0.3, -0.25) is 10.1 Å². The number of esters is 1. The number of rotatable bonds is 5. The van der Waals surface area contributed by atoms with Crippen molar-refractivity contribution in [2.75, 3.05) is 43.0 Å². The highest BCUT2D eigenvalue weighted by molar-refractivity contribution is 7.13. The summed E-state index contributed by atoms with van der Waals surface area (Å²) in [6.45, 7) is 4.79. The fraction of sp³-hybridized carbons (Fsp3) is 0.389. The third-order valence-electron chi connectivity index (χ3n) is 4.14. The van der Waals surface area contributed by atoms with Crippen molar-refractivity contribution in [3.63, 3.8) is 0 Å². The van der Waals surface area contributed by atoms with Crippen LogP contribution in [0.15, 0.2) is 29.6 Å². The largest absolute Gasteiger partial charge is 0.466 e. The molecule has 3 rings (SSSR count). The molecule has 1 N–H and O–H groups in total. The quantitative estimate of drug-likeness (QED) is 0.768. The van der Waals surface area contributed by atoms with Gasteiger partial charge in [0.1, 0.15) is 0 Å².